The Hall–Kier alpha value is -2.75. The van der Waals surface area contributed by atoms with Gasteiger partial charge in [0.15, 0.2) is 5.01 Å². The van der Waals surface area contributed by atoms with Crippen LogP contribution in [0.4, 0.5) is 23.7 Å². The summed E-state index contributed by atoms with van der Waals surface area (Å²) < 4.78 is 63.8. The molecule has 2 aromatic rings. The summed E-state index contributed by atoms with van der Waals surface area (Å²) in [6.45, 7) is 0.796. The Balaban J connectivity index is 1.28. The molecule has 3 N–H and O–H groups in total. The first-order valence-corrected chi connectivity index (χ1v) is 12.9. The maximum Gasteiger partial charge on any atom is 0.443 e. The van der Waals surface area contributed by atoms with Crippen LogP contribution < -0.4 is 15.5 Å². The lowest BCUT2D eigenvalue weighted by molar-refractivity contribution is -0.137. The van der Waals surface area contributed by atoms with Crippen LogP contribution in [0.2, 0.25) is 0 Å². The minimum atomic E-state index is -4.53. The predicted octanol–water partition coefficient (Wildman–Crippen LogP) is 1.69. The molecule has 2 saturated heterocycles. The van der Waals surface area contributed by atoms with E-state index in [4.69, 9.17) is 0 Å². The molecule has 0 unspecified atom stereocenters. The van der Waals surface area contributed by atoms with E-state index in [0.717, 1.165) is 5.69 Å². The largest absolute Gasteiger partial charge is 0.443 e. The molecule has 0 aliphatic carbocycles. The molecule has 1 aromatic carbocycles. The number of carbonyl (C=O) groups excluding carboxylic acids is 2. The number of benzene rings is 1. The van der Waals surface area contributed by atoms with Crippen molar-refractivity contribution in [3.63, 3.8) is 0 Å². The van der Waals surface area contributed by atoms with E-state index in [2.05, 4.69) is 10.3 Å². The predicted molar refractivity (Wildman–Crippen MR) is 119 cm³/mol. The molecular weight excluding hydrogens is 511 g/mol. The van der Waals surface area contributed by atoms with E-state index in [1.54, 1.807) is 12.1 Å². The van der Waals surface area contributed by atoms with Gasteiger partial charge in [-0.15, -0.1) is 11.3 Å². The first kappa shape index (κ1) is 25.3. The summed E-state index contributed by atoms with van der Waals surface area (Å²) in [5, 5.41) is 15.5. The Morgan fingerprint density at radius 3 is 2.40 bits per heavy atom. The van der Waals surface area contributed by atoms with Crippen molar-refractivity contribution in [2.75, 3.05) is 31.1 Å². The fourth-order valence-electron chi connectivity index (χ4n) is 3.87. The van der Waals surface area contributed by atoms with Crippen LogP contribution in [0.25, 0.3) is 0 Å². The molecule has 1 aromatic heterocycles. The van der Waals surface area contributed by atoms with E-state index < -0.39 is 45.8 Å². The summed E-state index contributed by atoms with van der Waals surface area (Å²) in [5.74, 6) is -0.683. The lowest BCUT2D eigenvalue weighted by atomic mass is 10.0. The minimum Gasteiger partial charge on any atom is -0.385 e. The molecule has 3 heterocycles. The molecule has 0 saturated carbocycles. The molecule has 35 heavy (non-hydrogen) atoms. The highest BCUT2D eigenvalue weighted by atomic mass is 32.2. The van der Waals surface area contributed by atoms with Crippen LogP contribution in [0.3, 0.4) is 0 Å². The Labute approximate surface area is 202 Å². The number of hydrogen-bond acceptors (Lipinski definition) is 9. The fourth-order valence-corrected chi connectivity index (χ4v) is 5.89. The number of alkyl halides is 3. The van der Waals surface area contributed by atoms with Crippen molar-refractivity contribution in [3.8, 4) is 0 Å². The average molecular weight is 534 g/mol. The second-order valence-electron chi connectivity index (χ2n) is 8.12. The zero-order chi connectivity index (χ0) is 25.4. The van der Waals surface area contributed by atoms with Crippen LogP contribution in [-0.4, -0.2) is 67.0 Å². The third-order valence-electron chi connectivity index (χ3n) is 5.75. The van der Waals surface area contributed by atoms with E-state index in [-0.39, 0.29) is 23.2 Å². The summed E-state index contributed by atoms with van der Waals surface area (Å²) in [5.41, 5.74) is 0.768. The number of rotatable bonds is 7. The molecule has 190 valence electrons. The Morgan fingerprint density at radius 2 is 1.86 bits per heavy atom. The first-order valence-electron chi connectivity index (χ1n) is 10.6. The number of amides is 3. The van der Waals surface area contributed by atoms with Gasteiger partial charge in [-0.2, -0.15) is 13.2 Å². The van der Waals surface area contributed by atoms with Gasteiger partial charge in [0, 0.05) is 36.7 Å². The van der Waals surface area contributed by atoms with E-state index in [1.807, 2.05) is 10.2 Å². The maximum atomic E-state index is 12.7. The number of imide groups is 1. The number of nitrogens with one attached hydrogen (secondary N) is 2. The van der Waals surface area contributed by atoms with Crippen molar-refractivity contribution in [2.24, 2.45) is 0 Å². The molecule has 2 aliphatic heterocycles. The van der Waals surface area contributed by atoms with Crippen molar-refractivity contribution >= 4 is 39.0 Å². The van der Waals surface area contributed by atoms with Gasteiger partial charge < -0.3 is 15.3 Å². The fraction of sp³-hybridized carbons (Fsp3) is 0.450. The number of thiazole rings is 1. The molecule has 0 radical (unpaired) electrons. The van der Waals surface area contributed by atoms with Gasteiger partial charge in [-0.25, -0.2) is 22.5 Å². The molecule has 2 aliphatic rings. The van der Waals surface area contributed by atoms with Gasteiger partial charge in [0.2, 0.25) is 5.91 Å². The van der Waals surface area contributed by atoms with Gasteiger partial charge in [-0.1, -0.05) is 0 Å². The summed E-state index contributed by atoms with van der Waals surface area (Å²) in [6.07, 6.45) is -4.28. The van der Waals surface area contributed by atoms with Gasteiger partial charge in [-0.05, 0) is 37.1 Å². The maximum absolute atomic E-state index is 12.7. The second-order valence-corrected chi connectivity index (χ2v) is 10.8. The third-order valence-corrected chi connectivity index (χ3v) is 8.40. The highest BCUT2D eigenvalue weighted by Gasteiger charge is 2.37. The minimum absolute atomic E-state index is 0.0157. The van der Waals surface area contributed by atoms with Crippen LogP contribution in [0.1, 0.15) is 29.6 Å². The number of aromatic nitrogens is 1. The van der Waals surface area contributed by atoms with E-state index in [9.17, 15) is 36.3 Å². The molecule has 2 fully saturated rings. The standard InChI is InChI=1S/C20H22F3N5O5S2/c21-20(22,23)18-25-15(11-34-18)16(29)9-24-12-5-7-27(8-6-12)13-1-3-14(4-2-13)35(32,33)28-10-17(30)26-19(28)31/h1-4,11-12,16,24,29H,5-10H2,(H,26,30,31)/t16-/m0/s1. The molecule has 1 atom stereocenters. The van der Waals surface area contributed by atoms with E-state index >= 15 is 0 Å². The van der Waals surface area contributed by atoms with Crippen LogP contribution >= 0.6 is 11.3 Å². The summed E-state index contributed by atoms with van der Waals surface area (Å²) in [7, 11) is -4.14. The summed E-state index contributed by atoms with van der Waals surface area (Å²) >= 11 is 0.448. The lowest BCUT2D eigenvalue weighted by Crippen LogP contribution is -2.43. The number of halogens is 3. The molecule has 15 heteroatoms. The van der Waals surface area contributed by atoms with Crippen molar-refractivity contribution in [1.82, 2.24) is 19.9 Å². The molecule has 10 nitrogen and oxygen atoms in total. The highest BCUT2D eigenvalue weighted by Crippen LogP contribution is 2.33. The number of aliphatic hydroxyl groups excluding tert-OH is 1. The molecule has 0 spiro atoms. The number of carbonyl (C=O) groups is 2. The van der Waals surface area contributed by atoms with Gasteiger partial charge in [0.05, 0.1) is 10.6 Å². The molecular formula is C20H22F3N5O5S2. The number of urea groups is 1. The number of aliphatic hydroxyl groups is 1. The van der Waals surface area contributed by atoms with Gasteiger partial charge in [0.25, 0.3) is 10.0 Å². The van der Waals surface area contributed by atoms with Crippen molar-refractivity contribution < 1.29 is 36.3 Å². The number of anilines is 1. The van der Waals surface area contributed by atoms with E-state index in [1.165, 1.54) is 17.5 Å². The zero-order valence-electron chi connectivity index (χ0n) is 18.2. The Morgan fingerprint density at radius 1 is 1.20 bits per heavy atom. The summed E-state index contributed by atoms with van der Waals surface area (Å²) in [6, 6.07) is 5.08. The summed E-state index contributed by atoms with van der Waals surface area (Å²) in [4.78, 5) is 28.4. The average Bonchev–Trinajstić information content (AvgIpc) is 3.45. The zero-order valence-corrected chi connectivity index (χ0v) is 19.8. The number of piperidine rings is 1. The number of sulfonamides is 1. The van der Waals surface area contributed by atoms with Crippen molar-refractivity contribution in [3.05, 3.63) is 40.3 Å². The smallest absolute Gasteiger partial charge is 0.385 e. The van der Waals surface area contributed by atoms with Crippen molar-refractivity contribution in [1.29, 1.82) is 0 Å². The first-order chi connectivity index (χ1) is 16.4. The van der Waals surface area contributed by atoms with Gasteiger partial charge in [0.1, 0.15) is 12.6 Å². The second kappa shape index (κ2) is 9.72. The Bertz CT molecular complexity index is 1190. The quantitative estimate of drug-likeness (QED) is 0.459. The normalized spacial score (nSPS) is 18.7. The van der Waals surface area contributed by atoms with Crippen LogP contribution in [0, 0.1) is 0 Å². The molecule has 0 bridgehead atoms. The third kappa shape index (κ3) is 5.58. The van der Waals surface area contributed by atoms with Gasteiger partial charge in [-0.3, -0.25) is 10.1 Å². The van der Waals surface area contributed by atoms with Crippen LogP contribution in [-0.2, 0) is 21.0 Å². The highest BCUT2D eigenvalue weighted by molar-refractivity contribution is 7.89. The van der Waals surface area contributed by atoms with Crippen LogP contribution in [0.15, 0.2) is 34.5 Å². The number of nitrogens with zero attached hydrogens (tertiary/aromatic N) is 3. The topological polar surface area (TPSA) is 132 Å². The van der Waals surface area contributed by atoms with Crippen molar-refractivity contribution in [2.45, 2.75) is 36.1 Å². The van der Waals surface area contributed by atoms with E-state index in [0.29, 0.717) is 41.6 Å². The van der Waals surface area contributed by atoms with Crippen LogP contribution in [0.5, 0.6) is 0 Å². The molecule has 4 rings (SSSR count). The Kier molecular flexibility index (Phi) is 7.04. The number of hydrogen-bond donors (Lipinski definition) is 3. The SMILES string of the molecule is O=C1CN(S(=O)(=O)c2ccc(N3CCC(NC[C@H](O)c4csc(C(F)(F)F)n4)CC3)cc2)C(=O)N1. The lowest BCUT2D eigenvalue weighted by Gasteiger charge is -2.34. The molecule has 3 amide bonds. The van der Waals surface area contributed by atoms with Gasteiger partial charge >= 0.3 is 12.2 Å². The monoisotopic (exact) mass is 533 g/mol.